The van der Waals surface area contributed by atoms with Gasteiger partial charge in [-0.1, -0.05) is 25.4 Å². The molecule has 44 heavy (non-hydrogen) atoms. The molecule has 0 bridgehead atoms. The lowest BCUT2D eigenvalue weighted by atomic mass is 9.85. The van der Waals surface area contributed by atoms with Crippen LogP contribution in [0.1, 0.15) is 58.6 Å². The molecule has 2 aromatic carbocycles. The first-order valence-electron chi connectivity index (χ1n) is 14.7. The molecule has 232 valence electrons. The molecular formula is C33H39ClN6O4. The van der Waals surface area contributed by atoms with Crippen LogP contribution in [-0.2, 0) is 14.9 Å². The normalized spacial score (nSPS) is 16.3. The van der Waals surface area contributed by atoms with Crippen LogP contribution < -0.4 is 19.9 Å². The Morgan fingerprint density at radius 3 is 2.52 bits per heavy atom. The van der Waals surface area contributed by atoms with Gasteiger partial charge in [-0.05, 0) is 63.4 Å². The summed E-state index contributed by atoms with van der Waals surface area (Å²) in [6.07, 6.45) is 3.32. The van der Waals surface area contributed by atoms with E-state index >= 15 is 0 Å². The Hall–Kier alpha value is -4.07. The fourth-order valence-electron chi connectivity index (χ4n) is 5.79. The lowest BCUT2D eigenvalue weighted by Crippen LogP contribution is -2.38. The number of piperidine rings is 1. The standard InChI is InChI=1S/C33H39ClN6O4/c1-32(2,3)44-31(41)40-19-33(4,5)23-15-20(14-21(18-35)29(23)40)25-8-11-36-30(37-25)38-26-16-24(34)27(17-28(26)43-7)39-12-9-22(42-6)10-13-39/h8,11,14-17,22H,9-10,12-13,19H2,1-7H3,(H,36,37,38). The van der Waals surface area contributed by atoms with Crippen molar-refractivity contribution in [1.82, 2.24) is 9.97 Å². The Morgan fingerprint density at radius 2 is 1.89 bits per heavy atom. The van der Waals surface area contributed by atoms with Gasteiger partial charge in [0.05, 0.1) is 46.6 Å². The molecule has 5 rings (SSSR count). The average molecular weight is 619 g/mol. The van der Waals surface area contributed by atoms with Crippen LogP contribution >= 0.6 is 11.6 Å². The maximum Gasteiger partial charge on any atom is 0.414 e. The molecule has 1 fully saturated rings. The number of ether oxygens (including phenoxy) is 3. The second-order valence-electron chi connectivity index (χ2n) is 12.8. The van der Waals surface area contributed by atoms with E-state index in [-0.39, 0.29) is 6.10 Å². The zero-order chi connectivity index (χ0) is 31.8. The van der Waals surface area contributed by atoms with Gasteiger partial charge in [0.2, 0.25) is 5.95 Å². The molecular weight excluding hydrogens is 580 g/mol. The van der Waals surface area contributed by atoms with Gasteiger partial charge in [0, 0.05) is 50.0 Å². The number of nitrogens with one attached hydrogen (secondary N) is 1. The highest BCUT2D eigenvalue weighted by Crippen LogP contribution is 2.45. The Balaban J connectivity index is 1.44. The van der Waals surface area contributed by atoms with Crippen LogP contribution in [0.15, 0.2) is 36.5 Å². The summed E-state index contributed by atoms with van der Waals surface area (Å²) in [6.45, 7) is 11.7. The minimum absolute atomic E-state index is 0.266. The molecule has 2 aliphatic rings. The highest BCUT2D eigenvalue weighted by Gasteiger charge is 2.42. The summed E-state index contributed by atoms with van der Waals surface area (Å²) in [6, 6.07) is 11.6. The molecule has 0 unspecified atom stereocenters. The van der Waals surface area contributed by atoms with Crippen molar-refractivity contribution in [3.05, 3.63) is 52.7 Å². The first-order chi connectivity index (χ1) is 20.8. The number of anilines is 4. The third kappa shape index (κ3) is 6.40. The van der Waals surface area contributed by atoms with Crippen LogP contribution in [0.5, 0.6) is 5.75 Å². The number of fused-ring (bicyclic) bond motifs is 1. The van der Waals surface area contributed by atoms with Gasteiger partial charge in [-0.3, -0.25) is 4.90 Å². The lowest BCUT2D eigenvalue weighted by Gasteiger charge is -2.33. The highest BCUT2D eigenvalue weighted by molar-refractivity contribution is 6.33. The fraction of sp³-hybridized carbons (Fsp3) is 0.455. The number of amides is 1. The number of hydrogen-bond acceptors (Lipinski definition) is 9. The fourth-order valence-corrected chi connectivity index (χ4v) is 6.07. The first-order valence-corrected chi connectivity index (χ1v) is 15.1. The van der Waals surface area contributed by atoms with E-state index in [1.54, 1.807) is 37.4 Å². The van der Waals surface area contributed by atoms with E-state index in [2.05, 4.69) is 21.3 Å². The molecule has 0 radical (unpaired) electrons. The number of carbonyl (C=O) groups excluding carboxylic acids is 1. The maximum atomic E-state index is 13.1. The quantitative estimate of drug-likeness (QED) is 0.310. The summed E-state index contributed by atoms with van der Waals surface area (Å²) < 4.78 is 16.9. The summed E-state index contributed by atoms with van der Waals surface area (Å²) in [5.41, 5.74) is 3.66. The van der Waals surface area contributed by atoms with Crippen molar-refractivity contribution in [3.8, 4) is 23.1 Å². The Labute approximate surface area is 263 Å². The van der Waals surface area contributed by atoms with E-state index < -0.39 is 17.1 Å². The van der Waals surface area contributed by atoms with Crippen LogP contribution in [-0.4, -0.2) is 61.6 Å². The number of nitriles is 1. The Morgan fingerprint density at radius 1 is 1.16 bits per heavy atom. The lowest BCUT2D eigenvalue weighted by molar-refractivity contribution is 0.0579. The monoisotopic (exact) mass is 618 g/mol. The molecule has 11 heteroatoms. The van der Waals surface area contributed by atoms with Crippen LogP contribution in [0.3, 0.4) is 0 Å². The van der Waals surface area contributed by atoms with E-state index in [0.717, 1.165) is 42.7 Å². The third-order valence-corrected chi connectivity index (χ3v) is 8.28. The second kappa shape index (κ2) is 12.1. The van der Waals surface area contributed by atoms with Crippen LogP contribution in [0.25, 0.3) is 11.3 Å². The number of hydrogen-bond donors (Lipinski definition) is 1. The summed E-state index contributed by atoms with van der Waals surface area (Å²) in [5.74, 6) is 0.958. The second-order valence-corrected chi connectivity index (χ2v) is 13.2. The van der Waals surface area contributed by atoms with Crippen LogP contribution in [0.2, 0.25) is 5.02 Å². The van der Waals surface area contributed by atoms with Gasteiger partial charge in [-0.25, -0.2) is 14.8 Å². The number of carbonyl (C=O) groups is 1. The van der Waals surface area contributed by atoms with Gasteiger partial charge in [-0.15, -0.1) is 0 Å². The smallest absolute Gasteiger partial charge is 0.414 e. The molecule has 1 saturated heterocycles. The number of benzene rings is 2. The van der Waals surface area contributed by atoms with Crippen molar-refractivity contribution in [2.45, 2.75) is 64.6 Å². The van der Waals surface area contributed by atoms with E-state index in [9.17, 15) is 10.1 Å². The molecule has 1 aromatic heterocycles. The van der Waals surface area contributed by atoms with Crippen molar-refractivity contribution in [3.63, 3.8) is 0 Å². The van der Waals surface area contributed by atoms with E-state index in [4.69, 9.17) is 30.8 Å². The molecule has 0 saturated carbocycles. The van der Waals surface area contributed by atoms with E-state index in [1.165, 1.54) is 0 Å². The molecule has 3 aromatic rings. The molecule has 0 atom stereocenters. The molecule has 2 aliphatic heterocycles. The number of methoxy groups -OCH3 is 2. The van der Waals surface area contributed by atoms with Crippen molar-refractivity contribution in [2.24, 2.45) is 0 Å². The molecule has 3 heterocycles. The molecule has 1 N–H and O–H groups in total. The van der Waals surface area contributed by atoms with Gasteiger partial charge < -0.3 is 24.4 Å². The first kappa shape index (κ1) is 31.4. The molecule has 10 nitrogen and oxygen atoms in total. The minimum Gasteiger partial charge on any atom is -0.494 e. The summed E-state index contributed by atoms with van der Waals surface area (Å²) >= 11 is 6.76. The maximum absolute atomic E-state index is 13.1. The molecule has 1 amide bonds. The zero-order valence-electron chi connectivity index (χ0n) is 26.3. The number of halogens is 1. The predicted octanol–water partition coefficient (Wildman–Crippen LogP) is 7.07. The summed E-state index contributed by atoms with van der Waals surface area (Å²) in [5, 5.41) is 14.0. The van der Waals surface area contributed by atoms with Gasteiger partial charge >= 0.3 is 6.09 Å². The molecule has 0 spiro atoms. The number of aromatic nitrogens is 2. The van der Waals surface area contributed by atoms with Gasteiger partial charge in [0.25, 0.3) is 0 Å². The zero-order valence-corrected chi connectivity index (χ0v) is 27.1. The van der Waals surface area contributed by atoms with E-state index in [0.29, 0.717) is 45.9 Å². The van der Waals surface area contributed by atoms with Crippen LogP contribution in [0, 0.1) is 11.3 Å². The third-order valence-electron chi connectivity index (χ3n) is 7.98. The Bertz CT molecular complexity index is 1600. The van der Waals surface area contributed by atoms with Crippen molar-refractivity contribution in [1.29, 1.82) is 5.26 Å². The van der Waals surface area contributed by atoms with Crippen molar-refractivity contribution < 1.29 is 19.0 Å². The van der Waals surface area contributed by atoms with Crippen molar-refractivity contribution in [2.75, 3.05) is 49.0 Å². The van der Waals surface area contributed by atoms with Gasteiger partial charge in [0.1, 0.15) is 17.4 Å². The summed E-state index contributed by atoms with van der Waals surface area (Å²) in [4.78, 5) is 26.1. The number of rotatable bonds is 6. The topological polar surface area (TPSA) is 113 Å². The average Bonchev–Trinajstić information content (AvgIpc) is 3.27. The number of nitrogens with zero attached hydrogens (tertiary/aromatic N) is 5. The predicted molar refractivity (Wildman–Crippen MR) is 172 cm³/mol. The van der Waals surface area contributed by atoms with E-state index in [1.807, 2.05) is 52.8 Å². The van der Waals surface area contributed by atoms with Crippen LogP contribution in [0.4, 0.5) is 27.8 Å². The Kier molecular flexibility index (Phi) is 8.65. The SMILES string of the molecule is COc1cc(N2CCC(OC)CC2)c(Cl)cc1Nc1nccc(-c2cc(C#N)c3c(c2)C(C)(C)CN3C(=O)OC(C)(C)C)n1. The highest BCUT2D eigenvalue weighted by atomic mass is 35.5. The molecule has 0 aliphatic carbocycles. The minimum atomic E-state index is -0.657. The van der Waals surface area contributed by atoms with Gasteiger partial charge in [-0.2, -0.15) is 5.26 Å². The van der Waals surface area contributed by atoms with Gasteiger partial charge in [0.15, 0.2) is 0 Å². The largest absolute Gasteiger partial charge is 0.494 e. The van der Waals surface area contributed by atoms with Crippen molar-refractivity contribution >= 4 is 40.7 Å². The summed E-state index contributed by atoms with van der Waals surface area (Å²) in [7, 11) is 3.37.